The number of carboxylic acids is 1. The molecule has 1 aromatic carbocycles. The second kappa shape index (κ2) is 12.9. The lowest BCUT2D eigenvalue weighted by Gasteiger charge is -2.31. The summed E-state index contributed by atoms with van der Waals surface area (Å²) in [6.07, 6.45) is 3.17. The number of carbonyl (C=O) groups excluding carboxylic acids is 1. The van der Waals surface area contributed by atoms with E-state index in [0.29, 0.717) is 6.54 Å². The largest absolute Gasteiger partial charge is 0.481 e. The van der Waals surface area contributed by atoms with E-state index >= 15 is 0 Å². The molecule has 0 saturated carbocycles. The smallest absolute Gasteiger partial charge is 0.416 e. The van der Waals surface area contributed by atoms with E-state index in [4.69, 9.17) is 9.72 Å². The lowest BCUT2D eigenvalue weighted by molar-refractivity contribution is -0.137. The second-order valence-electron chi connectivity index (χ2n) is 12.8. The predicted octanol–water partition coefficient (Wildman–Crippen LogP) is 4.99. The molecule has 0 aliphatic carbocycles. The summed E-state index contributed by atoms with van der Waals surface area (Å²) in [5.41, 5.74) is 5.33. The van der Waals surface area contributed by atoms with Gasteiger partial charge in [-0.05, 0) is 95.8 Å². The van der Waals surface area contributed by atoms with Crippen LogP contribution < -0.4 is 10.2 Å². The number of aliphatic carboxylic acids is 1. The van der Waals surface area contributed by atoms with Crippen molar-refractivity contribution >= 4 is 17.9 Å². The van der Waals surface area contributed by atoms with Crippen molar-refractivity contribution in [2.45, 2.75) is 84.4 Å². The number of fused-ring (bicyclic) bond motifs is 1. The minimum Gasteiger partial charge on any atom is -0.481 e. The molecule has 0 radical (unpaired) electrons. The Labute approximate surface area is 254 Å². The Hall–Kier alpha value is -3.76. The number of carbonyl (C=O) groups is 2. The Balaban J connectivity index is 1.21. The number of pyridine rings is 1. The lowest BCUT2D eigenvalue weighted by atomic mass is 10.0. The molecule has 2 aliphatic rings. The molecule has 2 atom stereocenters. The molecule has 230 valence electrons. The van der Waals surface area contributed by atoms with E-state index in [2.05, 4.69) is 27.4 Å². The van der Waals surface area contributed by atoms with Gasteiger partial charge in [0.1, 0.15) is 11.4 Å². The fourth-order valence-electron chi connectivity index (χ4n) is 6.05. The highest BCUT2D eigenvalue weighted by molar-refractivity contribution is 5.88. The number of benzene rings is 1. The van der Waals surface area contributed by atoms with Gasteiger partial charge >= 0.3 is 12.1 Å². The number of aryl methyl sites for hydroxylation is 3. The van der Waals surface area contributed by atoms with Gasteiger partial charge in [-0.1, -0.05) is 18.2 Å². The number of nitrogens with zero attached hydrogens (tertiary/aromatic N) is 5. The first-order valence-electron chi connectivity index (χ1n) is 15.3. The maximum absolute atomic E-state index is 12.9. The fraction of sp³-hybridized carbons (Fsp3) is 0.515. The maximum atomic E-state index is 12.9. The molecule has 1 amide bonds. The molecule has 43 heavy (non-hydrogen) atoms. The van der Waals surface area contributed by atoms with Crippen LogP contribution in [0.4, 0.5) is 10.6 Å². The second-order valence-corrected chi connectivity index (χ2v) is 12.8. The highest BCUT2D eigenvalue weighted by atomic mass is 16.6. The van der Waals surface area contributed by atoms with Crippen molar-refractivity contribution in [3.8, 4) is 5.69 Å². The zero-order valence-electron chi connectivity index (χ0n) is 26.0. The van der Waals surface area contributed by atoms with Crippen LogP contribution in [0.15, 0.2) is 42.5 Å². The molecule has 1 fully saturated rings. The van der Waals surface area contributed by atoms with Crippen LogP contribution >= 0.6 is 0 Å². The first kappa shape index (κ1) is 30.7. The number of carboxylic acid groups (broad SMARTS) is 1. The van der Waals surface area contributed by atoms with Crippen molar-refractivity contribution in [2.24, 2.45) is 0 Å². The number of hydrogen-bond donors (Lipinski definition) is 2. The average molecular weight is 589 g/mol. The Morgan fingerprint density at radius 3 is 2.67 bits per heavy atom. The fourth-order valence-corrected chi connectivity index (χ4v) is 6.05. The van der Waals surface area contributed by atoms with Crippen molar-refractivity contribution in [1.82, 2.24) is 25.0 Å². The Morgan fingerprint density at radius 2 is 1.95 bits per heavy atom. The van der Waals surface area contributed by atoms with E-state index < -0.39 is 11.6 Å². The monoisotopic (exact) mass is 588 g/mol. The highest BCUT2D eigenvalue weighted by Crippen LogP contribution is 2.28. The normalized spacial score (nSPS) is 18.0. The third-order valence-corrected chi connectivity index (χ3v) is 8.01. The van der Waals surface area contributed by atoms with Crippen LogP contribution in [-0.2, 0) is 22.4 Å². The van der Waals surface area contributed by atoms with Gasteiger partial charge in [0.05, 0.1) is 17.8 Å². The SMILES string of the molecule is Cc1cc(C)n(-c2cccc(C(CC(=O)O)NC3CCN(CCc4ccc5c(n4)N(C(=O)OC(C)(C)C)CCC5)C3)c2)n1. The van der Waals surface area contributed by atoms with Gasteiger partial charge in [0.25, 0.3) is 0 Å². The number of aromatic nitrogens is 3. The first-order valence-corrected chi connectivity index (χ1v) is 15.3. The standard InChI is InChI=1S/C33H44N6O4/c1-22-18-23(2)39(36-22)28-10-6-8-25(19-28)29(20-30(40)41)34-27-14-17-37(21-27)16-13-26-12-11-24-9-7-15-38(31(24)35-26)32(42)43-33(3,4)5/h6,8,10-12,18-19,27,29,34H,7,9,13-17,20-21H2,1-5H3,(H,40,41). The van der Waals surface area contributed by atoms with Crippen LogP contribution in [0.1, 0.15) is 74.3 Å². The highest BCUT2D eigenvalue weighted by Gasteiger charge is 2.30. The zero-order chi connectivity index (χ0) is 30.7. The minimum atomic E-state index is -0.831. The van der Waals surface area contributed by atoms with E-state index in [1.165, 1.54) is 0 Å². The molecule has 10 heteroatoms. The average Bonchev–Trinajstić information content (AvgIpc) is 3.54. The Kier molecular flexibility index (Phi) is 9.17. The van der Waals surface area contributed by atoms with Crippen LogP contribution in [-0.4, -0.2) is 74.7 Å². The zero-order valence-corrected chi connectivity index (χ0v) is 26.0. The van der Waals surface area contributed by atoms with Gasteiger partial charge in [-0.25, -0.2) is 14.5 Å². The first-order chi connectivity index (χ1) is 20.4. The van der Waals surface area contributed by atoms with Crippen molar-refractivity contribution in [1.29, 1.82) is 0 Å². The molecule has 4 heterocycles. The summed E-state index contributed by atoms with van der Waals surface area (Å²) in [7, 11) is 0. The number of anilines is 1. The van der Waals surface area contributed by atoms with Gasteiger partial charge in [0, 0.05) is 49.5 Å². The number of ether oxygens (including phenoxy) is 1. The summed E-state index contributed by atoms with van der Waals surface area (Å²) < 4.78 is 7.54. The molecule has 2 aliphatic heterocycles. The van der Waals surface area contributed by atoms with E-state index in [-0.39, 0.29) is 24.6 Å². The van der Waals surface area contributed by atoms with E-state index in [0.717, 1.165) is 85.0 Å². The molecular formula is C33H44N6O4. The van der Waals surface area contributed by atoms with E-state index in [9.17, 15) is 14.7 Å². The summed E-state index contributed by atoms with van der Waals surface area (Å²) in [6, 6.07) is 14.1. The topological polar surface area (TPSA) is 113 Å². The van der Waals surface area contributed by atoms with Crippen molar-refractivity contribution in [3.63, 3.8) is 0 Å². The Morgan fingerprint density at radius 1 is 1.14 bits per heavy atom. The number of hydrogen-bond acceptors (Lipinski definition) is 7. The van der Waals surface area contributed by atoms with Crippen LogP contribution in [0.3, 0.4) is 0 Å². The number of rotatable bonds is 9. The summed E-state index contributed by atoms with van der Waals surface area (Å²) in [4.78, 5) is 33.7. The third-order valence-electron chi connectivity index (χ3n) is 8.01. The van der Waals surface area contributed by atoms with Crippen molar-refractivity contribution in [3.05, 3.63) is 70.7 Å². The van der Waals surface area contributed by atoms with E-state index in [1.54, 1.807) is 4.90 Å². The summed E-state index contributed by atoms with van der Waals surface area (Å²) in [6.45, 7) is 12.8. The molecule has 2 aromatic heterocycles. The van der Waals surface area contributed by atoms with Crippen molar-refractivity contribution < 1.29 is 19.4 Å². The Bertz CT molecular complexity index is 1460. The van der Waals surface area contributed by atoms with Crippen molar-refractivity contribution in [2.75, 3.05) is 31.1 Å². The van der Waals surface area contributed by atoms with Gasteiger partial charge in [0.2, 0.25) is 0 Å². The lowest BCUT2D eigenvalue weighted by Crippen LogP contribution is -2.40. The number of amides is 1. The maximum Gasteiger partial charge on any atom is 0.416 e. The number of nitrogens with one attached hydrogen (secondary N) is 1. The summed E-state index contributed by atoms with van der Waals surface area (Å²) >= 11 is 0. The molecule has 5 rings (SSSR count). The van der Waals surface area contributed by atoms with Crippen LogP contribution in [0.25, 0.3) is 5.69 Å². The van der Waals surface area contributed by atoms with Gasteiger partial charge in [0.15, 0.2) is 0 Å². The molecule has 2 unspecified atom stereocenters. The molecule has 3 aromatic rings. The van der Waals surface area contributed by atoms with E-state index in [1.807, 2.05) is 69.6 Å². The van der Waals surface area contributed by atoms with Crippen LogP contribution in [0.5, 0.6) is 0 Å². The predicted molar refractivity (Wildman–Crippen MR) is 166 cm³/mol. The summed E-state index contributed by atoms with van der Waals surface area (Å²) in [5, 5.41) is 17.9. The summed E-state index contributed by atoms with van der Waals surface area (Å²) in [5.74, 6) is -0.110. The van der Waals surface area contributed by atoms with Crippen LogP contribution in [0, 0.1) is 13.8 Å². The van der Waals surface area contributed by atoms with Crippen LogP contribution in [0.2, 0.25) is 0 Å². The molecular weight excluding hydrogens is 544 g/mol. The minimum absolute atomic E-state index is 0.00423. The van der Waals surface area contributed by atoms with Gasteiger partial charge in [-0.2, -0.15) is 5.10 Å². The molecule has 10 nitrogen and oxygen atoms in total. The quantitative estimate of drug-likeness (QED) is 0.359. The molecule has 1 saturated heterocycles. The molecule has 0 spiro atoms. The van der Waals surface area contributed by atoms with Gasteiger partial charge in [-0.15, -0.1) is 0 Å². The number of likely N-dealkylation sites (tertiary alicyclic amines) is 1. The van der Waals surface area contributed by atoms with Gasteiger partial charge < -0.3 is 20.1 Å². The molecule has 0 bridgehead atoms. The third kappa shape index (κ3) is 7.80. The molecule has 2 N–H and O–H groups in total. The van der Waals surface area contributed by atoms with Gasteiger partial charge in [-0.3, -0.25) is 9.69 Å².